The van der Waals surface area contributed by atoms with E-state index in [9.17, 15) is 0 Å². The molecule has 18 heavy (non-hydrogen) atoms. The standard InChI is InChI=1S/C16H16IN/c17-13-7-4-8-14(11-13)18-16-10-3-6-12-5-1-2-9-15(12)16/h1-2,4-5,7-9,11,16,18H,3,6,10H2. The van der Waals surface area contributed by atoms with Gasteiger partial charge in [0, 0.05) is 9.26 Å². The van der Waals surface area contributed by atoms with Crippen molar-refractivity contribution in [2.24, 2.45) is 0 Å². The first-order valence-corrected chi connectivity index (χ1v) is 7.51. The van der Waals surface area contributed by atoms with Gasteiger partial charge in [0.2, 0.25) is 0 Å². The molecule has 0 saturated heterocycles. The van der Waals surface area contributed by atoms with Crippen LogP contribution < -0.4 is 5.32 Å². The van der Waals surface area contributed by atoms with Gasteiger partial charge >= 0.3 is 0 Å². The lowest BCUT2D eigenvalue weighted by atomic mass is 9.87. The lowest BCUT2D eigenvalue weighted by Gasteiger charge is -2.27. The van der Waals surface area contributed by atoms with Gasteiger partial charge in [-0.25, -0.2) is 0 Å². The molecule has 1 atom stereocenters. The molecule has 1 aliphatic carbocycles. The third-order valence-electron chi connectivity index (χ3n) is 3.53. The van der Waals surface area contributed by atoms with Crippen molar-refractivity contribution in [3.05, 3.63) is 63.2 Å². The fourth-order valence-corrected chi connectivity index (χ4v) is 3.23. The molecule has 0 radical (unpaired) electrons. The number of halogens is 1. The molecule has 3 rings (SSSR count). The summed E-state index contributed by atoms with van der Waals surface area (Å²) in [6.45, 7) is 0. The lowest BCUT2D eigenvalue weighted by Crippen LogP contribution is -2.17. The van der Waals surface area contributed by atoms with E-state index in [1.54, 1.807) is 0 Å². The van der Waals surface area contributed by atoms with E-state index >= 15 is 0 Å². The summed E-state index contributed by atoms with van der Waals surface area (Å²) < 4.78 is 1.28. The molecule has 0 amide bonds. The van der Waals surface area contributed by atoms with Crippen LogP contribution in [-0.4, -0.2) is 0 Å². The average Bonchev–Trinajstić information content (AvgIpc) is 2.39. The zero-order chi connectivity index (χ0) is 12.4. The average molecular weight is 349 g/mol. The van der Waals surface area contributed by atoms with Gasteiger partial charge in [-0.3, -0.25) is 0 Å². The van der Waals surface area contributed by atoms with Gasteiger partial charge < -0.3 is 5.32 Å². The molecule has 1 unspecified atom stereocenters. The second-order valence-corrected chi connectivity index (χ2v) is 6.04. The molecule has 0 saturated carbocycles. The number of rotatable bonds is 2. The maximum absolute atomic E-state index is 3.67. The summed E-state index contributed by atoms with van der Waals surface area (Å²) in [6.07, 6.45) is 3.72. The van der Waals surface area contributed by atoms with Crippen molar-refractivity contribution in [2.75, 3.05) is 5.32 Å². The van der Waals surface area contributed by atoms with E-state index in [1.165, 1.54) is 39.6 Å². The summed E-state index contributed by atoms with van der Waals surface area (Å²) in [5.74, 6) is 0. The van der Waals surface area contributed by atoms with Crippen LogP contribution in [0.2, 0.25) is 0 Å². The predicted molar refractivity (Wildman–Crippen MR) is 84.9 cm³/mol. The van der Waals surface area contributed by atoms with Crippen LogP contribution in [-0.2, 0) is 6.42 Å². The van der Waals surface area contributed by atoms with Crippen LogP contribution in [0.25, 0.3) is 0 Å². The molecule has 2 aromatic carbocycles. The van der Waals surface area contributed by atoms with E-state index in [4.69, 9.17) is 0 Å². The minimum absolute atomic E-state index is 0.466. The van der Waals surface area contributed by atoms with E-state index in [2.05, 4.69) is 76.4 Å². The highest BCUT2D eigenvalue weighted by Crippen LogP contribution is 2.32. The summed E-state index contributed by atoms with van der Waals surface area (Å²) in [7, 11) is 0. The summed E-state index contributed by atoms with van der Waals surface area (Å²) in [6, 6.07) is 17.9. The minimum atomic E-state index is 0.466. The van der Waals surface area contributed by atoms with Crippen molar-refractivity contribution in [2.45, 2.75) is 25.3 Å². The molecule has 92 valence electrons. The van der Waals surface area contributed by atoms with Crippen molar-refractivity contribution in [1.29, 1.82) is 0 Å². The molecule has 0 spiro atoms. The van der Waals surface area contributed by atoms with Gasteiger partial charge in [-0.15, -0.1) is 0 Å². The number of benzene rings is 2. The van der Waals surface area contributed by atoms with Crippen molar-refractivity contribution in [3.63, 3.8) is 0 Å². The Labute approximate surface area is 122 Å². The second-order valence-electron chi connectivity index (χ2n) is 4.80. The number of anilines is 1. The molecule has 1 aliphatic rings. The second kappa shape index (κ2) is 5.31. The smallest absolute Gasteiger partial charge is 0.0516 e. The topological polar surface area (TPSA) is 12.0 Å². The molecule has 0 aliphatic heterocycles. The Morgan fingerprint density at radius 2 is 1.94 bits per heavy atom. The van der Waals surface area contributed by atoms with Gasteiger partial charge in [0.25, 0.3) is 0 Å². The number of hydrogen-bond acceptors (Lipinski definition) is 1. The van der Waals surface area contributed by atoms with Gasteiger partial charge in [0.05, 0.1) is 6.04 Å². The molecule has 0 fully saturated rings. The maximum atomic E-state index is 3.67. The fraction of sp³-hybridized carbons (Fsp3) is 0.250. The quantitative estimate of drug-likeness (QED) is 0.770. The Morgan fingerprint density at radius 1 is 1.06 bits per heavy atom. The molecule has 1 N–H and O–H groups in total. The van der Waals surface area contributed by atoms with E-state index in [0.29, 0.717) is 6.04 Å². The maximum Gasteiger partial charge on any atom is 0.0516 e. The minimum Gasteiger partial charge on any atom is -0.378 e. The summed E-state index contributed by atoms with van der Waals surface area (Å²) >= 11 is 2.36. The third kappa shape index (κ3) is 2.53. The Morgan fingerprint density at radius 3 is 2.83 bits per heavy atom. The van der Waals surface area contributed by atoms with E-state index in [1.807, 2.05) is 0 Å². The highest BCUT2D eigenvalue weighted by molar-refractivity contribution is 14.1. The SMILES string of the molecule is Ic1cccc(NC2CCCc3ccccc32)c1. The van der Waals surface area contributed by atoms with Crippen LogP contribution in [0.3, 0.4) is 0 Å². The monoisotopic (exact) mass is 349 g/mol. The highest BCUT2D eigenvalue weighted by atomic mass is 127. The number of fused-ring (bicyclic) bond motifs is 1. The third-order valence-corrected chi connectivity index (χ3v) is 4.21. The number of aryl methyl sites for hydroxylation is 1. The van der Waals surface area contributed by atoms with Crippen molar-refractivity contribution >= 4 is 28.3 Å². The Balaban J connectivity index is 1.86. The van der Waals surface area contributed by atoms with Crippen LogP contribution in [0.15, 0.2) is 48.5 Å². The lowest BCUT2D eigenvalue weighted by molar-refractivity contribution is 0.600. The van der Waals surface area contributed by atoms with E-state index in [0.717, 1.165) is 0 Å². The Bertz CT molecular complexity index is 550. The first-order valence-electron chi connectivity index (χ1n) is 6.43. The van der Waals surface area contributed by atoms with Crippen LogP contribution in [0.4, 0.5) is 5.69 Å². The van der Waals surface area contributed by atoms with Gasteiger partial charge in [-0.1, -0.05) is 30.3 Å². The van der Waals surface area contributed by atoms with Gasteiger partial charge in [-0.05, 0) is 71.2 Å². The molecule has 0 aromatic heterocycles. The molecule has 0 bridgehead atoms. The number of nitrogens with one attached hydrogen (secondary N) is 1. The highest BCUT2D eigenvalue weighted by Gasteiger charge is 2.19. The molecule has 2 heteroatoms. The van der Waals surface area contributed by atoms with E-state index in [-0.39, 0.29) is 0 Å². The number of hydrogen-bond donors (Lipinski definition) is 1. The van der Waals surface area contributed by atoms with Crippen molar-refractivity contribution < 1.29 is 0 Å². The molecule has 2 aromatic rings. The Kier molecular flexibility index (Phi) is 3.55. The summed E-state index contributed by atoms with van der Waals surface area (Å²) in [5, 5.41) is 3.67. The first kappa shape index (κ1) is 12.0. The Hall–Kier alpha value is -1.03. The van der Waals surface area contributed by atoms with Crippen LogP contribution >= 0.6 is 22.6 Å². The van der Waals surface area contributed by atoms with Crippen molar-refractivity contribution in [3.8, 4) is 0 Å². The summed E-state index contributed by atoms with van der Waals surface area (Å²) in [5.41, 5.74) is 4.21. The largest absolute Gasteiger partial charge is 0.378 e. The van der Waals surface area contributed by atoms with Crippen LogP contribution in [0.5, 0.6) is 0 Å². The van der Waals surface area contributed by atoms with Crippen molar-refractivity contribution in [1.82, 2.24) is 0 Å². The zero-order valence-corrected chi connectivity index (χ0v) is 12.4. The zero-order valence-electron chi connectivity index (χ0n) is 10.2. The fourth-order valence-electron chi connectivity index (χ4n) is 2.68. The van der Waals surface area contributed by atoms with Gasteiger partial charge in [-0.2, -0.15) is 0 Å². The van der Waals surface area contributed by atoms with Gasteiger partial charge in [0.1, 0.15) is 0 Å². The molecule has 0 heterocycles. The molecule has 1 nitrogen and oxygen atoms in total. The molecular formula is C16H16IN. The predicted octanol–water partition coefficient (Wildman–Crippen LogP) is 4.78. The first-order chi connectivity index (χ1) is 8.83. The van der Waals surface area contributed by atoms with Crippen LogP contribution in [0.1, 0.15) is 30.0 Å². The molecular weight excluding hydrogens is 333 g/mol. The van der Waals surface area contributed by atoms with Crippen LogP contribution in [0, 0.1) is 3.57 Å². The van der Waals surface area contributed by atoms with E-state index < -0.39 is 0 Å². The normalized spacial score (nSPS) is 18.2. The summed E-state index contributed by atoms with van der Waals surface area (Å²) in [4.78, 5) is 0. The van der Waals surface area contributed by atoms with Gasteiger partial charge in [0.15, 0.2) is 0 Å².